The first kappa shape index (κ1) is 29.1. The Morgan fingerprint density at radius 3 is 2.43 bits per heavy atom. The lowest BCUT2D eigenvalue weighted by molar-refractivity contribution is -0.274. The van der Waals surface area contributed by atoms with Crippen LogP contribution in [0.3, 0.4) is 0 Å². The molecule has 3 aromatic carbocycles. The van der Waals surface area contributed by atoms with Crippen LogP contribution in [0.1, 0.15) is 17.5 Å². The average Bonchev–Trinajstić information content (AvgIpc) is 3.49. The predicted molar refractivity (Wildman–Crippen MR) is 140 cm³/mol. The maximum absolute atomic E-state index is 13.3. The van der Waals surface area contributed by atoms with E-state index in [4.69, 9.17) is 9.47 Å². The van der Waals surface area contributed by atoms with Gasteiger partial charge in [0.1, 0.15) is 11.0 Å². The summed E-state index contributed by atoms with van der Waals surface area (Å²) in [4.78, 5) is 31.3. The number of hydrogen-bond acceptors (Lipinski definition) is 7. The molecule has 1 saturated heterocycles. The van der Waals surface area contributed by atoms with E-state index in [9.17, 15) is 35.9 Å². The minimum atomic E-state index is -4.91. The van der Waals surface area contributed by atoms with Gasteiger partial charge in [-0.1, -0.05) is 23.9 Å². The van der Waals surface area contributed by atoms with Crippen molar-refractivity contribution in [3.63, 3.8) is 0 Å². The van der Waals surface area contributed by atoms with Crippen molar-refractivity contribution >= 4 is 40.1 Å². The molecule has 0 spiro atoms. The van der Waals surface area contributed by atoms with Crippen LogP contribution >= 0.6 is 11.8 Å². The minimum absolute atomic E-state index is 0.0345. The fourth-order valence-electron chi connectivity index (χ4n) is 4.10. The molecule has 0 aliphatic carbocycles. The first-order chi connectivity index (χ1) is 19.9. The van der Waals surface area contributed by atoms with Gasteiger partial charge in [-0.3, -0.25) is 14.6 Å². The Morgan fingerprint density at radius 1 is 0.976 bits per heavy atom. The molecule has 0 radical (unpaired) electrons. The summed E-state index contributed by atoms with van der Waals surface area (Å²) in [5, 5.41) is 1.86. The molecule has 0 aromatic heterocycles. The van der Waals surface area contributed by atoms with Gasteiger partial charge in [0.25, 0.3) is 0 Å². The van der Waals surface area contributed by atoms with E-state index in [2.05, 4.69) is 15.0 Å². The highest BCUT2D eigenvalue weighted by Crippen LogP contribution is 2.35. The molecule has 1 atom stereocenters. The summed E-state index contributed by atoms with van der Waals surface area (Å²) in [5.41, 5.74) is -0.133. The molecule has 42 heavy (non-hydrogen) atoms. The SMILES string of the molecule is O=C1CC(SC(=NCc2ccc3c(c2)OCO3)Nc2cccc(C(F)(F)F)c2)C(=O)N1c1ccc(OC(F)(F)F)cc1. The van der Waals surface area contributed by atoms with Crippen LogP contribution in [0, 0.1) is 0 Å². The molecule has 220 valence electrons. The Bertz CT molecular complexity index is 1530. The number of rotatable bonds is 6. The fraction of sp³-hybridized carbons (Fsp3) is 0.222. The number of benzene rings is 3. The number of fused-ring (bicyclic) bond motifs is 1. The normalized spacial score (nSPS) is 17.1. The maximum Gasteiger partial charge on any atom is 0.573 e. The van der Waals surface area contributed by atoms with Crippen LogP contribution in [0.4, 0.5) is 37.7 Å². The van der Waals surface area contributed by atoms with E-state index in [0.717, 1.165) is 53.1 Å². The Labute approximate surface area is 238 Å². The quantitative estimate of drug-likeness (QED) is 0.150. The second kappa shape index (κ2) is 11.5. The second-order valence-corrected chi connectivity index (χ2v) is 10.1. The zero-order chi connectivity index (χ0) is 30.1. The second-order valence-electron chi connectivity index (χ2n) is 8.93. The molecule has 5 rings (SSSR count). The standard InChI is InChI=1S/C27H19F6N3O5S/c28-26(29,30)16-2-1-3-17(11-16)35-25(34-13-15-4-9-20-21(10-15)40-14-39-20)42-22-12-23(37)36(24(22)38)18-5-7-19(8-6-18)41-27(31,32)33/h1-11,22H,12-14H2,(H,34,35). The molecule has 8 nitrogen and oxygen atoms in total. The molecule has 3 aromatic rings. The molecule has 2 aliphatic heterocycles. The van der Waals surface area contributed by atoms with Gasteiger partial charge in [0.2, 0.25) is 18.6 Å². The third kappa shape index (κ3) is 6.90. The van der Waals surface area contributed by atoms with Crippen LogP contribution in [0.2, 0.25) is 0 Å². The number of alkyl halides is 6. The lowest BCUT2D eigenvalue weighted by Gasteiger charge is -2.17. The number of ether oxygens (including phenoxy) is 3. The van der Waals surface area contributed by atoms with E-state index in [1.165, 1.54) is 12.1 Å². The van der Waals surface area contributed by atoms with Crippen molar-refractivity contribution in [1.29, 1.82) is 0 Å². The first-order valence-electron chi connectivity index (χ1n) is 12.1. The smallest absolute Gasteiger partial charge is 0.454 e. The number of thioether (sulfide) groups is 1. The van der Waals surface area contributed by atoms with Crippen LogP contribution in [0.25, 0.3) is 0 Å². The number of anilines is 2. The van der Waals surface area contributed by atoms with Gasteiger partial charge in [0, 0.05) is 12.1 Å². The molecule has 2 heterocycles. The van der Waals surface area contributed by atoms with E-state index in [-0.39, 0.29) is 36.3 Å². The summed E-state index contributed by atoms with van der Waals surface area (Å²) in [7, 11) is 0. The molecule has 0 saturated carbocycles. The summed E-state index contributed by atoms with van der Waals surface area (Å²) in [6.45, 7) is 0.108. The molecule has 1 N–H and O–H groups in total. The monoisotopic (exact) mass is 611 g/mol. The van der Waals surface area contributed by atoms with E-state index in [0.29, 0.717) is 17.1 Å². The number of imide groups is 1. The Balaban J connectivity index is 1.36. The molecule has 1 unspecified atom stereocenters. The van der Waals surface area contributed by atoms with Crippen molar-refractivity contribution in [1.82, 2.24) is 0 Å². The van der Waals surface area contributed by atoms with Crippen molar-refractivity contribution < 1.29 is 50.1 Å². The Morgan fingerprint density at radius 2 is 1.71 bits per heavy atom. The van der Waals surface area contributed by atoms with Gasteiger partial charge in [0.05, 0.1) is 17.8 Å². The molecule has 1 fully saturated rings. The van der Waals surface area contributed by atoms with Gasteiger partial charge >= 0.3 is 12.5 Å². The van der Waals surface area contributed by atoms with Gasteiger partial charge in [-0.15, -0.1) is 13.2 Å². The number of carbonyl (C=O) groups excluding carboxylic acids is 2. The highest BCUT2D eigenvalue weighted by molar-refractivity contribution is 8.15. The summed E-state index contributed by atoms with van der Waals surface area (Å²) in [6.07, 6.45) is -9.78. The van der Waals surface area contributed by atoms with Crippen LogP contribution in [0.15, 0.2) is 71.7 Å². The average molecular weight is 612 g/mol. The van der Waals surface area contributed by atoms with Crippen molar-refractivity contribution in [2.75, 3.05) is 17.0 Å². The number of halogens is 6. The number of carbonyl (C=O) groups is 2. The van der Waals surface area contributed by atoms with E-state index in [1.807, 2.05) is 0 Å². The number of nitrogens with zero attached hydrogens (tertiary/aromatic N) is 2. The summed E-state index contributed by atoms with van der Waals surface area (Å²) in [5.74, 6) is -0.763. The van der Waals surface area contributed by atoms with Gasteiger partial charge < -0.3 is 19.5 Å². The summed E-state index contributed by atoms with van der Waals surface area (Å²) >= 11 is 0.843. The van der Waals surface area contributed by atoms with Crippen molar-refractivity contribution in [2.24, 2.45) is 4.99 Å². The number of amides is 2. The van der Waals surface area contributed by atoms with Crippen LogP contribution in [-0.2, 0) is 22.3 Å². The Kier molecular flexibility index (Phi) is 7.95. The molecular weight excluding hydrogens is 592 g/mol. The minimum Gasteiger partial charge on any atom is -0.454 e. The lowest BCUT2D eigenvalue weighted by Crippen LogP contribution is -2.31. The topological polar surface area (TPSA) is 89.5 Å². The van der Waals surface area contributed by atoms with Gasteiger partial charge in [-0.2, -0.15) is 13.2 Å². The third-order valence-electron chi connectivity index (χ3n) is 5.97. The van der Waals surface area contributed by atoms with Crippen molar-refractivity contribution in [3.05, 3.63) is 77.9 Å². The predicted octanol–water partition coefficient (Wildman–Crippen LogP) is 6.37. The highest BCUT2D eigenvalue weighted by atomic mass is 32.2. The molecule has 0 bridgehead atoms. The number of amidine groups is 1. The van der Waals surface area contributed by atoms with Crippen LogP contribution in [-0.4, -0.2) is 35.4 Å². The zero-order valence-electron chi connectivity index (χ0n) is 21.2. The van der Waals surface area contributed by atoms with Crippen molar-refractivity contribution in [2.45, 2.75) is 30.8 Å². The highest BCUT2D eigenvalue weighted by Gasteiger charge is 2.41. The summed E-state index contributed by atoms with van der Waals surface area (Å²) in [6, 6.07) is 13.7. The van der Waals surface area contributed by atoms with Crippen LogP contribution in [0.5, 0.6) is 17.2 Å². The van der Waals surface area contributed by atoms with Crippen LogP contribution < -0.4 is 24.4 Å². The third-order valence-corrected chi connectivity index (χ3v) is 7.08. The van der Waals surface area contributed by atoms with Crippen molar-refractivity contribution in [3.8, 4) is 17.2 Å². The van der Waals surface area contributed by atoms with Gasteiger partial charge in [0.15, 0.2) is 16.7 Å². The van der Waals surface area contributed by atoms with E-state index >= 15 is 0 Å². The first-order valence-corrected chi connectivity index (χ1v) is 13.0. The molecular formula is C27H19F6N3O5S. The maximum atomic E-state index is 13.3. The number of aliphatic imine (C=N–C) groups is 1. The van der Waals surface area contributed by atoms with Gasteiger partial charge in [-0.05, 0) is 60.2 Å². The Hall–Kier alpha value is -4.40. The van der Waals surface area contributed by atoms with E-state index < -0.39 is 40.9 Å². The molecule has 2 aliphatic rings. The van der Waals surface area contributed by atoms with Gasteiger partial charge in [-0.25, -0.2) is 4.90 Å². The largest absolute Gasteiger partial charge is 0.573 e. The lowest BCUT2D eigenvalue weighted by atomic mass is 10.2. The summed E-state index contributed by atoms with van der Waals surface area (Å²) < 4.78 is 91.7. The zero-order valence-corrected chi connectivity index (χ0v) is 22.0. The fourth-order valence-corrected chi connectivity index (χ4v) is 5.12. The van der Waals surface area contributed by atoms with E-state index in [1.54, 1.807) is 18.2 Å². The number of hydrogen-bond donors (Lipinski definition) is 1. The molecule has 2 amide bonds. The number of nitrogens with one attached hydrogen (secondary N) is 1. The molecule has 15 heteroatoms.